The molecule has 0 N–H and O–H groups in total. The van der Waals surface area contributed by atoms with Gasteiger partial charge in [-0.05, 0) is 188 Å². The van der Waals surface area contributed by atoms with Crippen LogP contribution in [0.4, 0.5) is 0 Å². The number of nitrogens with zero attached hydrogens (tertiary/aromatic N) is 3. The van der Waals surface area contributed by atoms with Crippen LogP contribution in [0.5, 0.6) is 0 Å². The lowest BCUT2D eigenvalue weighted by Crippen LogP contribution is -2.14. The van der Waals surface area contributed by atoms with Gasteiger partial charge in [0.25, 0.3) is 0 Å². The lowest BCUT2D eigenvalue weighted by Gasteiger charge is -2.21. The summed E-state index contributed by atoms with van der Waals surface area (Å²) in [4.78, 5) is 0. The molecule has 1 aliphatic carbocycles. The van der Waals surface area contributed by atoms with Crippen LogP contribution in [0.1, 0.15) is 25.0 Å². The van der Waals surface area contributed by atoms with Crippen molar-refractivity contribution in [2.45, 2.75) is 19.3 Å². The van der Waals surface area contributed by atoms with Crippen LogP contribution < -0.4 is 0 Å². The van der Waals surface area contributed by atoms with Crippen LogP contribution in [0, 0.1) is 0 Å². The maximum Gasteiger partial charge on any atom is 0.0548 e. The molecule has 0 saturated carbocycles. The Morgan fingerprint density at radius 3 is 1.24 bits per heavy atom. The van der Waals surface area contributed by atoms with Gasteiger partial charge in [0.2, 0.25) is 0 Å². The van der Waals surface area contributed by atoms with E-state index < -0.39 is 0 Å². The van der Waals surface area contributed by atoms with E-state index in [9.17, 15) is 0 Å². The van der Waals surface area contributed by atoms with E-state index in [0.29, 0.717) is 0 Å². The number of fused-ring (bicyclic) bond motifs is 15. The molecule has 0 amide bonds. The van der Waals surface area contributed by atoms with E-state index in [0.717, 1.165) is 22.6 Å². The van der Waals surface area contributed by atoms with Crippen LogP contribution in [0.25, 0.3) is 158 Å². The third-order valence-electron chi connectivity index (χ3n) is 18.6. The minimum Gasteiger partial charge on any atom is -0.309 e. The lowest BCUT2D eigenvalue weighted by molar-refractivity contribution is 0.661. The largest absolute Gasteiger partial charge is 0.309 e. The summed E-state index contributed by atoms with van der Waals surface area (Å²) in [5.41, 5.74) is 25.4. The van der Waals surface area contributed by atoms with Crippen molar-refractivity contribution in [1.29, 1.82) is 0 Å². The molecule has 4 heteroatoms. The topological polar surface area (TPSA) is 14.8 Å². The fraction of sp³-hybridized carbons (Fsp3) is 0.0370. The normalized spacial score (nSPS) is 12.9. The second-order valence-electron chi connectivity index (χ2n) is 23.7. The van der Waals surface area contributed by atoms with Crippen LogP contribution in [-0.4, -0.2) is 13.7 Å². The summed E-state index contributed by atoms with van der Waals surface area (Å²) in [6.45, 7) is 4.79. The molecule has 0 radical (unpaired) electrons. The smallest absolute Gasteiger partial charge is 0.0548 e. The molecule has 0 bridgehead atoms. The summed E-state index contributed by atoms with van der Waals surface area (Å²) in [5, 5.41) is 10.0. The van der Waals surface area contributed by atoms with E-state index in [4.69, 9.17) is 0 Å². The third-order valence-corrected chi connectivity index (χ3v) is 19.7. The van der Waals surface area contributed by atoms with Crippen molar-refractivity contribution in [2.24, 2.45) is 0 Å². The molecule has 85 heavy (non-hydrogen) atoms. The number of hydrogen-bond donors (Lipinski definition) is 0. The molecule has 0 saturated heterocycles. The summed E-state index contributed by atoms with van der Waals surface area (Å²) >= 11 is 1.90. The minimum absolute atomic E-state index is 0.116. The molecular formula is C81H53N3S. The molecule has 0 atom stereocenters. The number of rotatable bonds is 7. The van der Waals surface area contributed by atoms with Crippen molar-refractivity contribution in [3.63, 3.8) is 0 Å². The van der Waals surface area contributed by atoms with Crippen LogP contribution >= 0.6 is 11.3 Å². The summed E-state index contributed by atoms with van der Waals surface area (Å²) in [6, 6.07) is 107. The van der Waals surface area contributed by atoms with E-state index >= 15 is 0 Å². The zero-order chi connectivity index (χ0) is 56.1. The Kier molecular flexibility index (Phi) is 10.3. The summed E-state index contributed by atoms with van der Waals surface area (Å²) in [7, 11) is 0. The molecule has 0 spiro atoms. The average Bonchev–Trinajstić information content (AvgIpc) is 1.75. The van der Waals surface area contributed by atoms with Crippen molar-refractivity contribution in [3.05, 3.63) is 296 Å². The molecule has 0 aliphatic heterocycles. The molecule has 13 aromatic carbocycles. The van der Waals surface area contributed by atoms with Gasteiger partial charge < -0.3 is 13.7 Å². The van der Waals surface area contributed by atoms with Gasteiger partial charge in [-0.2, -0.15) is 0 Å². The van der Waals surface area contributed by atoms with E-state index in [-0.39, 0.29) is 5.41 Å². The Morgan fingerprint density at radius 1 is 0.235 bits per heavy atom. The molecule has 0 unspecified atom stereocenters. The number of para-hydroxylation sites is 3. The molecule has 17 aromatic rings. The molecule has 1 aliphatic rings. The Hall–Kier alpha value is -10.5. The van der Waals surface area contributed by atoms with Crippen LogP contribution in [0.3, 0.4) is 0 Å². The lowest BCUT2D eigenvalue weighted by atomic mass is 9.82. The number of thiophene rings is 1. The molecule has 18 rings (SSSR count). The quantitative estimate of drug-likeness (QED) is 0.151. The summed E-state index contributed by atoms with van der Waals surface area (Å²) < 4.78 is 10.1. The first-order valence-electron chi connectivity index (χ1n) is 29.5. The Labute approximate surface area is 495 Å². The first kappa shape index (κ1) is 48.1. The van der Waals surface area contributed by atoms with Gasteiger partial charge >= 0.3 is 0 Å². The van der Waals surface area contributed by atoms with E-state index in [1.54, 1.807) is 0 Å². The average molecular weight is 1100 g/mol. The summed E-state index contributed by atoms with van der Waals surface area (Å²) in [5.74, 6) is 0. The number of hydrogen-bond acceptors (Lipinski definition) is 1. The van der Waals surface area contributed by atoms with E-state index in [1.807, 2.05) is 11.3 Å². The van der Waals surface area contributed by atoms with Gasteiger partial charge in [0.15, 0.2) is 0 Å². The minimum atomic E-state index is -0.116. The molecule has 3 nitrogen and oxygen atoms in total. The van der Waals surface area contributed by atoms with E-state index in [2.05, 4.69) is 313 Å². The predicted molar refractivity (Wildman–Crippen MR) is 362 cm³/mol. The zero-order valence-electron chi connectivity index (χ0n) is 46.9. The van der Waals surface area contributed by atoms with Crippen LogP contribution in [0.2, 0.25) is 0 Å². The monoisotopic (exact) mass is 1100 g/mol. The van der Waals surface area contributed by atoms with Gasteiger partial charge in [-0.25, -0.2) is 0 Å². The Bertz CT molecular complexity index is 5540. The Morgan fingerprint density at radius 2 is 0.659 bits per heavy atom. The number of aromatic nitrogens is 3. The highest BCUT2D eigenvalue weighted by Crippen LogP contribution is 2.53. The molecule has 4 aromatic heterocycles. The SMILES string of the molecule is CC1(C)c2ccc(-c3ccc4c(c3)c3cc(-c5ccc6c(c5)c5cc7c(cc5n6-c5cc(-c6ccccc6)cc(-c6ccccc6)c5)c5ccccc5n7-c5ccccc5)ccc3n4-c3ccccc3)cc2-c2cc3sc4ccccc4c3cc21. The molecule has 4 heterocycles. The molecule has 0 fully saturated rings. The van der Waals surface area contributed by atoms with Gasteiger partial charge in [-0.1, -0.05) is 178 Å². The van der Waals surface area contributed by atoms with Crippen molar-refractivity contribution in [2.75, 3.05) is 0 Å². The van der Waals surface area contributed by atoms with Crippen molar-refractivity contribution in [3.8, 4) is 72.7 Å². The first-order chi connectivity index (χ1) is 41.9. The molecular weight excluding hydrogens is 1050 g/mol. The van der Waals surface area contributed by atoms with Crippen molar-refractivity contribution < 1.29 is 0 Å². The second-order valence-corrected chi connectivity index (χ2v) is 24.7. The zero-order valence-corrected chi connectivity index (χ0v) is 47.7. The standard InChI is InChI=1S/C81H53N3S/c1-81(2)71-35-31-52(42-63(71)64-49-80-70(46-72(64)81)62-28-16-18-30-79(62)85-80)53-32-36-74-65(43-53)66-44-54(33-37-75(66)82(74)58-23-11-5-12-24-58)55-34-38-76-67(45-55)69-48-77-68(61-27-15-17-29-73(61)83(77)59-25-13-6-14-26-59)47-78(69)84(76)60-40-56(50-19-7-3-8-20-50)39-57(41-60)51-21-9-4-10-22-51/h3-49H,1-2H3. The van der Waals surface area contributed by atoms with Gasteiger partial charge in [0, 0.05) is 75.0 Å². The Balaban J connectivity index is 0.846. The fourth-order valence-electron chi connectivity index (χ4n) is 14.5. The van der Waals surface area contributed by atoms with Crippen LogP contribution in [0.15, 0.2) is 285 Å². The maximum absolute atomic E-state index is 2.52. The highest BCUT2D eigenvalue weighted by Gasteiger charge is 2.36. The van der Waals surface area contributed by atoms with Gasteiger partial charge in [0.1, 0.15) is 0 Å². The number of benzene rings is 13. The maximum atomic E-state index is 2.52. The second kappa shape index (κ2) is 18.2. The van der Waals surface area contributed by atoms with Gasteiger partial charge in [-0.15, -0.1) is 11.3 Å². The van der Waals surface area contributed by atoms with Crippen LogP contribution in [-0.2, 0) is 5.41 Å². The van der Waals surface area contributed by atoms with Gasteiger partial charge in [-0.3, -0.25) is 0 Å². The van der Waals surface area contributed by atoms with Crippen molar-refractivity contribution in [1.82, 2.24) is 13.7 Å². The first-order valence-corrected chi connectivity index (χ1v) is 30.3. The highest BCUT2D eigenvalue weighted by atomic mass is 32.1. The summed E-state index contributed by atoms with van der Waals surface area (Å²) in [6.07, 6.45) is 0. The van der Waals surface area contributed by atoms with E-state index in [1.165, 1.54) is 147 Å². The predicted octanol–water partition coefficient (Wildman–Crippen LogP) is 22.3. The third kappa shape index (κ3) is 7.26. The van der Waals surface area contributed by atoms with Crippen molar-refractivity contribution >= 4 is 96.9 Å². The fourth-order valence-corrected chi connectivity index (χ4v) is 15.6. The molecule has 398 valence electrons. The highest BCUT2D eigenvalue weighted by molar-refractivity contribution is 7.25. The van der Waals surface area contributed by atoms with Gasteiger partial charge in [0.05, 0.1) is 33.1 Å².